The van der Waals surface area contributed by atoms with Gasteiger partial charge in [0, 0.05) is 48.7 Å². The summed E-state index contributed by atoms with van der Waals surface area (Å²) >= 11 is 0. The number of carbonyl (C=O) groups is 2. The molecule has 0 saturated carbocycles. The molecule has 10 heteroatoms. The number of benzene rings is 1. The topological polar surface area (TPSA) is 113 Å². The number of aromatic nitrogens is 3. The van der Waals surface area contributed by atoms with Gasteiger partial charge in [0.25, 0.3) is 5.91 Å². The van der Waals surface area contributed by atoms with Crippen LogP contribution in [0.25, 0.3) is 11.2 Å². The lowest BCUT2D eigenvalue weighted by Crippen LogP contribution is -2.37. The van der Waals surface area contributed by atoms with Crippen molar-refractivity contribution in [3.05, 3.63) is 59.8 Å². The number of hydrogen-bond donors (Lipinski definition) is 3. The SMILES string of the molecule is CCOC(=O)N1CC=C(c2cccn3nc(Nc4ccc(C(=O)NCC5CCCN5)cc4)nc23)CC1. The first-order chi connectivity index (χ1) is 17.6. The maximum Gasteiger partial charge on any atom is 0.410 e. The normalized spacial score (nSPS) is 17.6. The smallest absolute Gasteiger partial charge is 0.410 e. The third-order valence-electron chi connectivity index (χ3n) is 6.52. The Morgan fingerprint density at radius 1 is 1.22 bits per heavy atom. The number of ether oxygens (including phenoxy) is 1. The van der Waals surface area contributed by atoms with Crippen molar-refractivity contribution in [1.82, 2.24) is 30.1 Å². The summed E-state index contributed by atoms with van der Waals surface area (Å²) in [5.74, 6) is 0.393. The third kappa shape index (κ3) is 5.33. The monoisotopic (exact) mass is 489 g/mol. The van der Waals surface area contributed by atoms with E-state index in [2.05, 4.69) is 21.0 Å². The molecule has 0 radical (unpaired) electrons. The second kappa shape index (κ2) is 10.8. The van der Waals surface area contributed by atoms with E-state index in [0.717, 1.165) is 41.9 Å². The van der Waals surface area contributed by atoms with Crippen LogP contribution in [0.2, 0.25) is 0 Å². The van der Waals surface area contributed by atoms with Gasteiger partial charge in [-0.1, -0.05) is 6.08 Å². The molecule has 10 nitrogen and oxygen atoms in total. The number of fused-ring (bicyclic) bond motifs is 1. The Labute approximate surface area is 209 Å². The summed E-state index contributed by atoms with van der Waals surface area (Å²) in [4.78, 5) is 30.8. The quantitative estimate of drug-likeness (QED) is 0.467. The molecule has 2 amide bonds. The first kappa shape index (κ1) is 23.8. The maximum atomic E-state index is 12.4. The molecule has 4 heterocycles. The molecule has 1 saturated heterocycles. The molecular weight excluding hydrogens is 458 g/mol. The molecular formula is C26H31N7O3. The molecule has 188 valence electrons. The van der Waals surface area contributed by atoms with E-state index in [1.54, 1.807) is 21.5 Å². The van der Waals surface area contributed by atoms with Gasteiger partial charge in [-0.15, -0.1) is 5.10 Å². The number of anilines is 2. The van der Waals surface area contributed by atoms with Crippen molar-refractivity contribution < 1.29 is 14.3 Å². The highest BCUT2D eigenvalue weighted by Gasteiger charge is 2.21. The van der Waals surface area contributed by atoms with Crippen LogP contribution in [0.1, 0.15) is 42.1 Å². The van der Waals surface area contributed by atoms with E-state index >= 15 is 0 Å². The minimum absolute atomic E-state index is 0.0759. The molecule has 5 rings (SSSR count). The van der Waals surface area contributed by atoms with Gasteiger partial charge >= 0.3 is 6.09 Å². The van der Waals surface area contributed by atoms with Crippen molar-refractivity contribution >= 4 is 34.9 Å². The largest absolute Gasteiger partial charge is 0.450 e. The van der Waals surface area contributed by atoms with Gasteiger partial charge in [0.05, 0.1) is 6.61 Å². The standard InChI is InChI=1S/C26H31N7O3/c1-2-36-26(35)32-15-11-18(12-16-32)22-6-4-14-33-23(22)30-25(31-33)29-20-9-7-19(8-10-20)24(34)28-17-21-5-3-13-27-21/h4,6-11,14,21,27H,2-3,5,12-13,15-17H2,1H3,(H,28,34)(H,29,31). The van der Waals surface area contributed by atoms with Crippen LogP contribution in [0, 0.1) is 0 Å². The number of amides is 2. The van der Waals surface area contributed by atoms with Crippen LogP contribution in [0.4, 0.5) is 16.4 Å². The van der Waals surface area contributed by atoms with Crippen LogP contribution >= 0.6 is 0 Å². The third-order valence-corrected chi connectivity index (χ3v) is 6.52. The summed E-state index contributed by atoms with van der Waals surface area (Å²) in [6.45, 7) is 4.94. The van der Waals surface area contributed by atoms with Crippen molar-refractivity contribution in [2.75, 3.05) is 38.1 Å². The van der Waals surface area contributed by atoms with E-state index in [9.17, 15) is 9.59 Å². The van der Waals surface area contributed by atoms with Gasteiger partial charge in [-0.05, 0) is 74.7 Å². The van der Waals surface area contributed by atoms with E-state index < -0.39 is 0 Å². The van der Waals surface area contributed by atoms with Crippen LogP contribution in [0.3, 0.4) is 0 Å². The molecule has 3 N–H and O–H groups in total. The Bertz CT molecular complexity index is 1260. The summed E-state index contributed by atoms with van der Waals surface area (Å²) in [6.07, 6.45) is 6.59. The molecule has 2 aliphatic rings. The second-order valence-electron chi connectivity index (χ2n) is 8.96. The van der Waals surface area contributed by atoms with Gasteiger partial charge in [0.2, 0.25) is 5.95 Å². The molecule has 36 heavy (non-hydrogen) atoms. The summed E-state index contributed by atoms with van der Waals surface area (Å²) in [7, 11) is 0. The summed E-state index contributed by atoms with van der Waals surface area (Å²) < 4.78 is 6.85. The zero-order chi connectivity index (χ0) is 24.9. The zero-order valence-electron chi connectivity index (χ0n) is 20.4. The van der Waals surface area contributed by atoms with Crippen molar-refractivity contribution in [2.45, 2.75) is 32.2 Å². The fourth-order valence-corrected chi connectivity index (χ4v) is 4.59. The lowest BCUT2D eigenvalue weighted by molar-refractivity contribution is 0.0950. The number of carbonyl (C=O) groups excluding carboxylic acids is 2. The Morgan fingerprint density at radius 2 is 2.08 bits per heavy atom. The molecule has 1 atom stereocenters. The minimum Gasteiger partial charge on any atom is -0.450 e. The second-order valence-corrected chi connectivity index (χ2v) is 8.96. The van der Waals surface area contributed by atoms with Gasteiger partial charge < -0.3 is 25.6 Å². The summed E-state index contributed by atoms with van der Waals surface area (Å²) in [5.41, 5.74) is 4.27. The van der Waals surface area contributed by atoms with E-state index in [1.807, 2.05) is 43.5 Å². The van der Waals surface area contributed by atoms with Crippen molar-refractivity contribution in [3.8, 4) is 0 Å². The van der Waals surface area contributed by atoms with E-state index in [0.29, 0.717) is 50.2 Å². The number of nitrogens with zero attached hydrogens (tertiary/aromatic N) is 4. The first-order valence-corrected chi connectivity index (χ1v) is 12.5. The van der Waals surface area contributed by atoms with Gasteiger partial charge in [0.15, 0.2) is 5.65 Å². The van der Waals surface area contributed by atoms with Crippen LogP contribution in [-0.4, -0.2) is 70.3 Å². The predicted molar refractivity (Wildman–Crippen MR) is 137 cm³/mol. The minimum atomic E-state index is -0.283. The van der Waals surface area contributed by atoms with Gasteiger partial charge in [-0.25, -0.2) is 9.31 Å². The van der Waals surface area contributed by atoms with Gasteiger partial charge in [-0.3, -0.25) is 4.79 Å². The number of pyridine rings is 1. The molecule has 0 aliphatic carbocycles. The van der Waals surface area contributed by atoms with E-state index in [-0.39, 0.29) is 12.0 Å². The maximum absolute atomic E-state index is 12.4. The molecule has 2 aliphatic heterocycles. The Balaban J connectivity index is 1.25. The lowest BCUT2D eigenvalue weighted by atomic mass is 10.0. The van der Waals surface area contributed by atoms with Crippen LogP contribution < -0.4 is 16.0 Å². The van der Waals surface area contributed by atoms with Crippen molar-refractivity contribution in [1.29, 1.82) is 0 Å². The average Bonchev–Trinajstić information content (AvgIpc) is 3.57. The first-order valence-electron chi connectivity index (χ1n) is 12.5. The fraction of sp³-hybridized carbons (Fsp3) is 0.385. The number of hydrogen-bond acceptors (Lipinski definition) is 7. The molecule has 1 fully saturated rings. The van der Waals surface area contributed by atoms with Crippen LogP contribution in [0.5, 0.6) is 0 Å². The van der Waals surface area contributed by atoms with Crippen molar-refractivity contribution in [2.24, 2.45) is 0 Å². The highest BCUT2D eigenvalue weighted by molar-refractivity contribution is 5.94. The molecule has 3 aromatic rings. The van der Waals surface area contributed by atoms with Crippen molar-refractivity contribution in [3.63, 3.8) is 0 Å². The van der Waals surface area contributed by atoms with Gasteiger partial charge in [0.1, 0.15) is 0 Å². The highest BCUT2D eigenvalue weighted by atomic mass is 16.6. The highest BCUT2D eigenvalue weighted by Crippen LogP contribution is 2.26. The summed E-state index contributed by atoms with van der Waals surface area (Å²) in [6, 6.07) is 11.6. The zero-order valence-corrected chi connectivity index (χ0v) is 20.4. The molecule has 1 unspecified atom stereocenters. The Kier molecular flexibility index (Phi) is 7.13. The molecule has 2 aromatic heterocycles. The number of rotatable bonds is 7. The molecule has 1 aromatic carbocycles. The number of nitrogens with one attached hydrogen (secondary N) is 3. The Hall–Kier alpha value is -3.92. The molecule has 0 spiro atoms. The average molecular weight is 490 g/mol. The van der Waals surface area contributed by atoms with Crippen LogP contribution in [-0.2, 0) is 4.74 Å². The molecule has 0 bridgehead atoms. The van der Waals surface area contributed by atoms with Gasteiger partial charge in [-0.2, -0.15) is 4.98 Å². The van der Waals surface area contributed by atoms with Crippen LogP contribution in [0.15, 0.2) is 48.7 Å². The van der Waals surface area contributed by atoms with E-state index in [4.69, 9.17) is 9.72 Å². The fourth-order valence-electron chi connectivity index (χ4n) is 4.59. The summed E-state index contributed by atoms with van der Waals surface area (Å²) in [5, 5.41) is 14.2. The lowest BCUT2D eigenvalue weighted by Gasteiger charge is -2.25. The Morgan fingerprint density at radius 3 is 2.81 bits per heavy atom. The predicted octanol–water partition coefficient (Wildman–Crippen LogP) is 3.20. The van der Waals surface area contributed by atoms with E-state index in [1.165, 1.54) is 0 Å².